The lowest BCUT2D eigenvalue weighted by molar-refractivity contribution is 0.281. The number of hydrogen-bond donors (Lipinski definition) is 1. The molecule has 0 aliphatic heterocycles. The summed E-state index contributed by atoms with van der Waals surface area (Å²) < 4.78 is 11.0. The van der Waals surface area contributed by atoms with E-state index in [4.69, 9.17) is 26.2 Å². The Hall–Kier alpha value is -0.930. The van der Waals surface area contributed by atoms with Crippen LogP contribution >= 0.6 is 11.6 Å². The highest BCUT2D eigenvalue weighted by Crippen LogP contribution is 2.40. The Morgan fingerprint density at radius 2 is 2.18 bits per heavy atom. The van der Waals surface area contributed by atoms with Gasteiger partial charge in [-0.05, 0) is 43.4 Å². The monoisotopic (exact) mass is 256 g/mol. The molecule has 3 nitrogen and oxygen atoms in total. The smallest absolute Gasteiger partial charge is 0.180 e. The second-order valence-corrected chi connectivity index (χ2v) is 4.66. The molecule has 0 heterocycles. The minimum atomic E-state index is 0.181. The Bertz CT molecular complexity index is 388. The van der Waals surface area contributed by atoms with E-state index < -0.39 is 0 Å². The number of methoxy groups -OCH3 is 1. The molecule has 0 saturated heterocycles. The molecule has 0 atom stereocenters. The molecule has 94 valence electrons. The van der Waals surface area contributed by atoms with Gasteiger partial charge in [0.1, 0.15) is 0 Å². The molecule has 4 heteroatoms. The summed E-state index contributed by atoms with van der Waals surface area (Å²) in [6, 6.07) is 3.82. The number of aliphatic hydroxyl groups excluding tert-OH is 1. The minimum Gasteiger partial charge on any atom is -0.493 e. The fourth-order valence-electron chi connectivity index (χ4n) is 1.67. The maximum Gasteiger partial charge on any atom is 0.180 e. The Morgan fingerprint density at radius 3 is 2.76 bits per heavy atom. The van der Waals surface area contributed by atoms with Gasteiger partial charge >= 0.3 is 0 Å². The van der Waals surface area contributed by atoms with Crippen LogP contribution in [0.15, 0.2) is 12.1 Å². The van der Waals surface area contributed by atoms with Crippen molar-refractivity contribution in [2.45, 2.75) is 31.8 Å². The first-order valence-electron chi connectivity index (χ1n) is 5.88. The van der Waals surface area contributed by atoms with E-state index in [1.807, 2.05) is 12.1 Å². The average molecular weight is 257 g/mol. The number of aliphatic hydroxyl groups is 1. The van der Waals surface area contributed by atoms with Crippen molar-refractivity contribution in [3.63, 3.8) is 0 Å². The van der Waals surface area contributed by atoms with Crippen LogP contribution in [0.3, 0.4) is 0 Å². The molecule has 1 aliphatic rings. The highest BCUT2D eigenvalue weighted by Gasteiger charge is 2.26. The molecule has 0 spiro atoms. The van der Waals surface area contributed by atoms with Crippen LogP contribution in [0.25, 0.3) is 0 Å². The quantitative estimate of drug-likeness (QED) is 0.851. The molecule has 1 N–H and O–H groups in total. The van der Waals surface area contributed by atoms with E-state index in [-0.39, 0.29) is 6.61 Å². The van der Waals surface area contributed by atoms with Crippen molar-refractivity contribution in [1.82, 2.24) is 0 Å². The van der Waals surface area contributed by atoms with E-state index in [0.717, 1.165) is 31.2 Å². The van der Waals surface area contributed by atoms with E-state index in [0.29, 0.717) is 22.6 Å². The lowest BCUT2D eigenvalue weighted by atomic mass is 10.1. The van der Waals surface area contributed by atoms with E-state index in [1.165, 1.54) is 0 Å². The molecule has 0 unspecified atom stereocenters. The Morgan fingerprint density at radius 1 is 1.41 bits per heavy atom. The van der Waals surface area contributed by atoms with Gasteiger partial charge < -0.3 is 14.6 Å². The molecule has 0 radical (unpaired) electrons. The van der Waals surface area contributed by atoms with Gasteiger partial charge in [-0.2, -0.15) is 0 Å². The zero-order valence-corrected chi connectivity index (χ0v) is 10.7. The predicted molar refractivity (Wildman–Crippen MR) is 67.1 cm³/mol. The molecule has 0 aromatic heterocycles. The lowest BCUT2D eigenvalue weighted by Gasteiger charge is -2.13. The van der Waals surface area contributed by atoms with Crippen molar-refractivity contribution in [3.8, 4) is 11.5 Å². The van der Waals surface area contributed by atoms with E-state index >= 15 is 0 Å². The normalized spacial score (nSPS) is 14.8. The third kappa shape index (κ3) is 3.27. The third-order valence-corrected chi connectivity index (χ3v) is 3.00. The van der Waals surface area contributed by atoms with Crippen LogP contribution in [-0.2, 0) is 6.42 Å². The highest BCUT2D eigenvalue weighted by molar-refractivity contribution is 6.32. The molecule has 0 amide bonds. The van der Waals surface area contributed by atoms with Crippen LogP contribution in [0.2, 0.25) is 5.02 Å². The molecular weight excluding hydrogens is 240 g/mol. The van der Waals surface area contributed by atoms with Gasteiger partial charge in [-0.25, -0.2) is 0 Å². The first-order chi connectivity index (χ1) is 8.24. The molecule has 1 saturated carbocycles. The maximum atomic E-state index is 8.82. The van der Waals surface area contributed by atoms with E-state index in [9.17, 15) is 0 Å². The molecule has 1 aromatic carbocycles. The fraction of sp³-hybridized carbons (Fsp3) is 0.538. The average Bonchev–Trinajstić information content (AvgIpc) is 3.13. The van der Waals surface area contributed by atoms with Crippen molar-refractivity contribution in [2.75, 3.05) is 13.7 Å². The zero-order chi connectivity index (χ0) is 12.3. The number of halogens is 1. The van der Waals surface area contributed by atoms with Crippen LogP contribution in [0.1, 0.15) is 24.8 Å². The third-order valence-electron chi connectivity index (χ3n) is 2.72. The summed E-state index contributed by atoms with van der Waals surface area (Å²) in [4.78, 5) is 0. The molecule has 2 rings (SSSR count). The highest BCUT2D eigenvalue weighted by atomic mass is 35.5. The van der Waals surface area contributed by atoms with Crippen LogP contribution in [0.5, 0.6) is 11.5 Å². The summed E-state index contributed by atoms with van der Waals surface area (Å²) in [5.74, 6) is 1.32. The van der Waals surface area contributed by atoms with Crippen molar-refractivity contribution in [1.29, 1.82) is 0 Å². The second kappa shape index (κ2) is 5.61. The van der Waals surface area contributed by atoms with Gasteiger partial charge in [-0.15, -0.1) is 0 Å². The molecule has 1 aromatic rings. The minimum absolute atomic E-state index is 0.181. The van der Waals surface area contributed by atoms with Gasteiger partial charge in [0, 0.05) is 6.61 Å². The van der Waals surface area contributed by atoms with E-state index in [2.05, 4.69) is 0 Å². The Kier molecular flexibility index (Phi) is 4.13. The van der Waals surface area contributed by atoms with Crippen LogP contribution in [-0.4, -0.2) is 24.9 Å². The van der Waals surface area contributed by atoms with Gasteiger partial charge in [-0.1, -0.05) is 11.6 Å². The molecule has 1 aliphatic carbocycles. The van der Waals surface area contributed by atoms with Gasteiger partial charge in [0.05, 0.1) is 18.2 Å². The Balaban J connectivity index is 2.19. The van der Waals surface area contributed by atoms with Gasteiger partial charge in [0.25, 0.3) is 0 Å². The summed E-state index contributed by atoms with van der Waals surface area (Å²) in [5, 5.41) is 9.40. The van der Waals surface area contributed by atoms with E-state index in [1.54, 1.807) is 7.11 Å². The van der Waals surface area contributed by atoms with Gasteiger partial charge in [0.15, 0.2) is 11.5 Å². The molecule has 0 bridgehead atoms. The summed E-state index contributed by atoms with van der Waals surface area (Å²) in [7, 11) is 1.61. The second-order valence-electron chi connectivity index (χ2n) is 4.25. The number of aryl methyl sites for hydroxylation is 1. The van der Waals surface area contributed by atoms with Crippen LogP contribution < -0.4 is 9.47 Å². The number of rotatable bonds is 6. The summed E-state index contributed by atoms with van der Waals surface area (Å²) in [6.45, 7) is 0.181. The molecular formula is C13H17ClO3. The maximum absolute atomic E-state index is 8.82. The number of hydrogen-bond acceptors (Lipinski definition) is 3. The van der Waals surface area contributed by atoms with Crippen molar-refractivity contribution in [3.05, 3.63) is 22.7 Å². The van der Waals surface area contributed by atoms with Crippen molar-refractivity contribution < 1.29 is 14.6 Å². The topological polar surface area (TPSA) is 38.7 Å². The lowest BCUT2D eigenvalue weighted by Crippen LogP contribution is -2.00. The number of ether oxygens (including phenoxy) is 2. The predicted octanol–water partition coefficient (Wildman–Crippen LogP) is 2.81. The first kappa shape index (κ1) is 12.5. The van der Waals surface area contributed by atoms with Gasteiger partial charge in [0.2, 0.25) is 0 Å². The summed E-state index contributed by atoms with van der Waals surface area (Å²) >= 11 is 6.20. The number of benzene rings is 1. The summed E-state index contributed by atoms with van der Waals surface area (Å²) in [5.41, 5.74) is 1.06. The zero-order valence-electron chi connectivity index (χ0n) is 9.91. The van der Waals surface area contributed by atoms with Crippen LogP contribution in [0, 0.1) is 0 Å². The largest absolute Gasteiger partial charge is 0.493 e. The molecule has 17 heavy (non-hydrogen) atoms. The standard InChI is InChI=1S/C13H17ClO3/c1-16-12-8-9(3-2-6-15)7-11(14)13(12)17-10-4-5-10/h7-8,10,15H,2-6H2,1H3. The Labute approximate surface area is 106 Å². The van der Waals surface area contributed by atoms with Crippen LogP contribution in [0.4, 0.5) is 0 Å². The van der Waals surface area contributed by atoms with Gasteiger partial charge in [-0.3, -0.25) is 0 Å². The SMILES string of the molecule is COc1cc(CCCO)cc(Cl)c1OC1CC1. The first-order valence-corrected chi connectivity index (χ1v) is 6.26. The molecule has 1 fully saturated rings. The summed E-state index contributed by atoms with van der Waals surface area (Å²) in [6.07, 6.45) is 3.99. The van der Waals surface area contributed by atoms with Crippen molar-refractivity contribution in [2.24, 2.45) is 0 Å². The fourth-order valence-corrected chi connectivity index (χ4v) is 1.95. The van der Waals surface area contributed by atoms with Crippen molar-refractivity contribution >= 4 is 11.6 Å².